The quantitative estimate of drug-likeness (QED) is 0.482. The van der Waals surface area contributed by atoms with Crippen LogP contribution in [0.1, 0.15) is 0 Å². The van der Waals surface area contributed by atoms with Gasteiger partial charge in [-0.1, -0.05) is 0 Å². The van der Waals surface area contributed by atoms with Crippen molar-refractivity contribution in [2.75, 3.05) is 11.5 Å². The lowest BCUT2D eigenvalue weighted by Gasteiger charge is -2.09. The lowest BCUT2D eigenvalue weighted by atomic mass is 10.3. The van der Waals surface area contributed by atoms with Crippen LogP contribution >= 0.6 is 0 Å². The molecular weight excluding hydrogens is 268 g/mol. The van der Waals surface area contributed by atoms with Crippen LogP contribution < -0.4 is 11.5 Å². The summed E-state index contributed by atoms with van der Waals surface area (Å²) in [4.78, 5) is -0.454. The zero-order valence-corrected chi connectivity index (χ0v) is 10.6. The van der Waals surface area contributed by atoms with E-state index in [1.807, 2.05) is 0 Å². The minimum atomic E-state index is -3.95. The number of hydrogen-bond donors (Lipinski definition) is 4. The Hall–Kier alpha value is -2.41. The molecule has 0 heterocycles. The van der Waals surface area contributed by atoms with Crippen molar-refractivity contribution in [1.82, 2.24) is 0 Å². The van der Waals surface area contributed by atoms with Gasteiger partial charge in [-0.3, -0.25) is 0 Å². The minimum absolute atomic E-state index is 0.0406. The molecule has 7 heteroatoms. The highest BCUT2D eigenvalue weighted by atomic mass is 32.2. The number of nitrogen functional groups attached to an aromatic ring is 2. The second-order valence-corrected chi connectivity index (χ2v) is 5.84. The van der Waals surface area contributed by atoms with E-state index in [-0.39, 0.29) is 10.6 Å². The fraction of sp³-hybridized carbons (Fsp3) is 0. The topological polar surface area (TPSA) is 127 Å². The van der Waals surface area contributed by atoms with Gasteiger partial charge in [0.2, 0.25) is 9.84 Å². The fourth-order valence-corrected chi connectivity index (χ4v) is 2.91. The summed E-state index contributed by atoms with van der Waals surface area (Å²) >= 11 is 0. The molecule has 19 heavy (non-hydrogen) atoms. The summed E-state index contributed by atoms with van der Waals surface area (Å²) in [5, 5.41) is 19.2. The van der Waals surface area contributed by atoms with Crippen LogP contribution in [0.5, 0.6) is 11.5 Å². The molecule has 0 unspecified atom stereocenters. The second-order valence-electron chi connectivity index (χ2n) is 3.92. The number of rotatable bonds is 2. The normalized spacial score (nSPS) is 11.4. The molecule has 2 aromatic rings. The van der Waals surface area contributed by atoms with Crippen LogP contribution in [-0.2, 0) is 9.84 Å². The van der Waals surface area contributed by atoms with Gasteiger partial charge in [-0.25, -0.2) is 8.42 Å². The number of sulfone groups is 1. The molecule has 0 bridgehead atoms. The first kappa shape index (κ1) is 13.0. The summed E-state index contributed by atoms with van der Waals surface area (Å²) in [6.45, 7) is 0. The lowest BCUT2D eigenvalue weighted by Crippen LogP contribution is -2.03. The number of hydrogen-bond acceptors (Lipinski definition) is 6. The molecule has 0 radical (unpaired) electrons. The smallest absolute Gasteiger partial charge is 0.210 e. The van der Waals surface area contributed by atoms with Crippen LogP contribution in [0.4, 0.5) is 11.4 Å². The Kier molecular flexibility index (Phi) is 2.99. The van der Waals surface area contributed by atoms with Crippen LogP contribution in [0.25, 0.3) is 0 Å². The summed E-state index contributed by atoms with van der Waals surface area (Å²) in [7, 11) is -3.95. The molecule has 100 valence electrons. The van der Waals surface area contributed by atoms with Gasteiger partial charge < -0.3 is 21.7 Å². The van der Waals surface area contributed by atoms with Crippen molar-refractivity contribution in [3.63, 3.8) is 0 Å². The molecule has 0 amide bonds. The molecular formula is C12H12N2O4S. The van der Waals surface area contributed by atoms with E-state index in [0.717, 1.165) is 6.07 Å². The molecule has 0 aliphatic heterocycles. The van der Waals surface area contributed by atoms with E-state index in [1.54, 1.807) is 0 Å². The molecule has 0 aliphatic carbocycles. The fourth-order valence-electron chi connectivity index (χ4n) is 1.57. The van der Waals surface area contributed by atoms with Crippen molar-refractivity contribution in [2.24, 2.45) is 0 Å². The van der Waals surface area contributed by atoms with E-state index in [1.165, 1.54) is 30.3 Å². The maximum absolute atomic E-state index is 12.3. The first-order chi connectivity index (χ1) is 8.84. The molecule has 0 saturated heterocycles. The summed E-state index contributed by atoms with van der Waals surface area (Å²) in [5.41, 5.74) is 11.2. The molecule has 2 rings (SSSR count). The van der Waals surface area contributed by atoms with Crippen molar-refractivity contribution in [3.8, 4) is 11.5 Å². The number of phenols is 2. The van der Waals surface area contributed by atoms with Gasteiger partial charge in [0.05, 0.1) is 10.6 Å². The largest absolute Gasteiger partial charge is 0.503 e. The van der Waals surface area contributed by atoms with Crippen molar-refractivity contribution in [1.29, 1.82) is 0 Å². The zero-order valence-electron chi connectivity index (χ0n) is 9.74. The molecule has 6 nitrogen and oxygen atoms in total. The summed E-state index contributed by atoms with van der Waals surface area (Å²) < 4.78 is 24.6. The van der Waals surface area contributed by atoms with E-state index >= 15 is 0 Å². The van der Waals surface area contributed by atoms with Crippen LogP contribution in [0, 0.1) is 0 Å². The average Bonchev–Trinajstić information content (AvgIpc) is 2.36. The van der Waals surface area contributed by atoms with Crippen molar-refractivity contribution in [3.05, 3.63) is 36.4 Å². The molecule has 0 spiro atoms. The number of anilines is 2. The third-order valence-corrected chi connectivity index (χ3v) is 4.43. The van der Waals surface area contributed by atoms with Crippen molar-refractivity contribution >= 4 is 21.2 Å². The zero-order chi connectivity index (χ0) is 14.2. The van der Waals surface area contributed by atoms with Crippen LogP contribution in [0.2, 0.25) is 0 Å². The Bertz CT molecular complexity index is 724. The van der Waals surface area contributed by atoms with Gasteiger partial charge in [0.1, 0.15) is 4.90 Å². The summed E-state index contributed by atoms with van der Waals surface area (Å²) in [6.07, 6.45) is 0. The first-order valence-corrected chi connectivity index (χ1v) is 6.73. The average molecular weight is 280 g/mol. The molecule has 0 aliphatic rings. The van der Waals surface area contributed by atoms with E-state index in [0.29, 0.717) is 5.69 Å². The van der Waals surface area contributed by atoms with Gasteiger partial charge in [-0.2, -0.15) is 0 Å². The number of phenolic OH excluding ortho intramolecular Hbond substituents is 2. The molecule has 0 fully saturated rings. The number of aromatic hydroxyl groups is 2. The highest BCUT2D eigenvalue weighted by molar-refractivity contribution is 7.91. The highest BCUT2D eigenvalue weighted by Gasteiger charge is 2.24. The van der Waals surface area contributed by atoms with Gasteiger partial charge in [0.15, 0.2) is 11.5 Å². The second kappa shape index (κ2) is 4.36. The minimum Gasteiger partial charge on any atom is -0.503 e. The molecule has 6 N–H and O–H groups in total. The van der Waals surface area contributed by atoms with Crippen molar-refractivity contribution in [2.45, 2.75) is 9.79 Å². The maximum atomic E-state index is 12.3. The SMILES string of the molecule is Nc1ccc(S(=O)(=O)c2ccc(N)c(O)c2O)cc1. The van der Waals surface area contributed by atoms with Crippen molar-refractivity contribution < 1.29 is 18.6 Å². The third-order valence-electron chi connectivity index (χ3n) is 2.63. The summed E-state index contributed by atoms with van der Waals surface area (Å²) in [5.74, 6) is -1.42. The Morgan fingerprint density at radius 1 is 0.842 bits per heavy atom. The van der Waals surface area contributed by atoms with Crippen LogP contribution in [0.15, 0.2) is 46.2 Å². The van der Waals surface area contributed by atoms with Gasteiger partial charge in [-0.05, 0) is 36.4 Å². The highest BCUT2D eigenvalue weighted by Crippen LogP contribution is 2.39. The van der Waals surface area contributed by atoms with Gasteiger partial charge in [0.25, 0.3) is 0 Å². The van der Waals surface area contributed by atoms with E-state index in [2.05, 4.69) is 0 Å². The number of benzene rings is 2. The van der Waals surface area contributed by atoms with Crippen LogP contribution in [-0.4, -0.2) is 18.6 Å². The molecule has 0 saturated carbocycles. The Balaban J connectivity index is 2.64. The summed E-state index contributed by atoms with van der Waals surface area (Å²) in [6, 6.07) is 7.84. The Labute approximate surface area is 109 Å². The van der Waals surface area contributed by atoms with Gasteiger partial charge in [-0.15, -0.1) is 0 Å². The number of nitrogens with two attached hydrogens (primary N) is 2. The Morgan fingerprint density at radius 2 is 1.42 bits per heavy atom. The Morgan fingerprint density at radius 3 is 2.00 bits per heavy atom. The predicted molar refractivity (Wildman–Crippen MR) is 70.5 cm³/mol. The monoisotopic (exact) mass is 280 g/mol. The molecule has 2 aromatic carbocycles. The van der Waals surface area contributed by atoms with Gasteiger partial charge >= 0.3 is 0 Å². The molecule has 0 aromatic heterocycles. The molecule has 0 atom stereocenters. The standard InChI is InChI=1S/C12H12N2O4S/c13-7-1-3-8(4-2-7)19(17,18)10-6-5-9(14)11(15)12(10)16/h1-6,15-16H,13-14H2. The maximum Gasteiger partial charge on any atom is 0.210 e. The van der Waals surface area contributed by atoms with E-state index < -0.39 is 26.2 Å². The lowest BCUT2D eigenvalue weighted by molar-refractivity contribution is 0.395. The van der Waals surface area contributed by atoms with E-state index in [9.17, 15) is 18.6 Å². The predicted octanol–water partition coefficient (Wildman–Crippen LogP) is 1.09. The first-order valence-electron chi connectivity index (χ1n) is 5.25. The van der Waals surface area contributed by atoms with E-state index in [4.69, 9.17) is 11.5 Å². The van der Waals surface area contributed by atoms with Gasteiger partial charge in [0, 0.05) is 5.69 Å². The van der Waals surface area contributed by atoms with Crippen LogP contribution in [0.3, 0.4) is 0 Å². The third kappa shape index (κ3) is 2.15.